The van der Waals surface area contributed by atoms with Gasteiger partial charge in [0.05, 0.1) is 0 Å². The van der Waals surface area contributed by atoms with Crippen LogP contribution in [0.1, 0.15) is 35.2 Å². The number of carbonyl (C=O) groups excluding carboxylic acids is 3. The molecule has 29 heavy (non-hydrogen) atoms. The van der Waals surface area contributed by atoms with Gasteiger partial charge in [-0.2, -0.15) is 0 Å². The lowest BCUT2D eigenvalue weighted by Gasteiger charge is -2.17. The summed E-state index contributed by atoms with van der Waals surface area (Å²) in [6, 6.07) is 16.8. The molecule has 7 nitrogen and oxygen atoms in total. The maximum absolute atomic E-state index is 12.4. The lowest BCUT2D eigenvalue weighted by atomic mass is 10.1. The molecule has 0 saturated heterocycles. The molecule has 3 N–H and O–H groups in total. The Labute approximate surface area is 170 Å². The lowest BCUT2D eigenvalue weighted by Crippen LogP contribution is -2.42. The number of benzene rings is 2. The van der Waals surface area contributed by atoms with Crippen LogP contribution in [0.15, 0.2) is 60.7 Å². The van der Waals surface area contributed by atoms with Crippen molar-refractivity contribution in [2.24, 2.45) is 5.73 Å². The van der Waals surface area contributed by atoms with E-state index in [0.29, 0.717) is 31.4 Å². The van der Waals surface area contributed by atoms with Crippen LogP contribution in [0.4, 0.5) is 4.79 Å². The number of rotatable bonds is 11. The summed E-state index contributed by atoms with van der Waals surface area (Å²) < 4.78 is 10.3. The third-order valence-corrected chi connectivity index (χ3v) is 4.18. The number of esters is 1. The van der Waals surface area contributed by atoms with Crippen molar-refractivity contribution in [3.8, 4) is 0 Å². The van der Waals surface area contributed by atoms with Gasteiger partial charge in [0.2, 0.25) is 0 Å². The van der Waals surface area contributed by atoms with Crippen LogP contribution in [0.2, 0.25) is 0 Å². The van der Waals surface area contributed by atoms with Crippen LogP contribution in [0.5, 0.6) is 0 Å². The van der Waals surface area contributed by atoms with E-state index in [-0.39, 0.29) is 12.4 Å². The molecule has 0 saturated carbocycles. The third-order valence-electron chi connectivity index (χ3n) is 4.18. The monoisotopic (exact) mass is 398 g/mol. The number of amides is 1. The largest absolute Gasteiger partial charge is 0.456 e. The first-order valence-electron chi connectivity index (χ1n) is 9.52. The zero-order valence-corrected chi connectivity index (χ0v) is 16.2. The Morgan fingerprint density at radius 3 is 2.21 bits per heavy atom. The molecule has 1 atom stereocenters. The summed E-state index contributed by atoms with van der Waals surface area (Å²) in [6.45, 7) is 0.174. The van der Waals surface area contributed by atoms with Crippen LogP contribution in [0.25, 0.3) is 0 Å². The van der Waals surface area contributed by atoms with Crippen molar-refractivity contribution < 1.29 is 23.9 Å². The Morgan fingerprint density at radius 1 is 0.897 bits per heavy atom. The molecule has 2 aromatic carbocycles. The third kappa shape index (κ3) is 8.15. The number of ketones is 1. The number of hydrogen-bond donors (Lipinski definition) is 2. The van der Waals surface area contributed by atoms with E-state index >= 15 is 0 Å². The van der Waals surface area contributed by atoms with Crippen LogP contribution >= 0.6 is 0 Å². The molecule has 0 heterocycles. The molecule has 0 fully saturated rings. The highest BCUT2D eigenvalue weighted by atomic mass is 16.6. The van der Waals surface area contributed by atoms with Crippen molar-refractivity contribution in [2.45, 2.75) is 31.9 Å². The minimum absolute atomic E-state index is 0.0870. The smallest absolute Gasteiger partial charge is 0.408 e. The van der Waals surface area contributed by atoms with Gasteiger partial charge in [0.25, 0.3) is 0 Å². The fourth-order valence-electron chi connectivity index (χ4n) is 2.59. The van der Waals surface area contributed by atoms with Gasteiger partial charge in [0.1, 0.15) is 12.6 Å². The zero-order chi connectivity index (χ0) is 20.9. The Balaban J connectivity index is 1.87. The van der Waals surface area contributed by atoms with Gasteiger partial charge in [-0.05, 0) is 31.4 Å². The summed E-state index contributed by atoms with van der Waals surface area (Å²) in [4.78, 5) is 36.6. The Kier molecular flexibility index (Phi) is 9.38. The molecule has 0 aliphatic carbocycles. The highest BCUT2D eigenvalue weighted by Crippen LogP contribution is 2.07. The van der Waals surface area contributed by atoms with Crippen molar-refractivity contribution in [2.75, 3.05) is 13.2 Å². The number of nitrogens with one attached hydrogen (secondary N) is 1. The van der Waals surface area contributed by atoms with E-state index in [4.69, 9.17) is 15.2 Å². The highest BCUT2D eigenvalue weighted by Gasteiger charge is 2.23. The van der Waals surface area contributed by atoms with Crippen LogP contribution in [-0.4, -0.2) is 37.0 Å². The Bertz CT molecular complexity index is 780. The molecule has 2 rings (SSSR count). The van der Waals surface area contributed by atoms with E-state index in [1.807, 2.05) is 30.3 Å². The minimum Gasteiger partial charge on any atom is -0.456 e. The van der Waals surface area contributed by atoms with Gasteiger partial charge in [-0.25, -0.2) is 9.59 Å². The number of carbonyl (C=O) groups is 3. The summed E-state index contributed by atoms with van der Waals surface area (Å²) in [5, 5.41) is 2.52. The first kappa shape index (κ1) is 22.1. The van der Waals surface area contributed by atoms with Gasteiger partial charge in [-0.3, -0.25) is 4.79 Å². The van der Waals surface area contributed by atoms with Gasteiger partial charge in [-0.1, -0.05) is 60.7 Å². The van der Waals surface area contributed by atoms with Crippen LogP contribution in [0, 0.1) is 0 Å². The minimum atomic E-state index is -0.909. The van der Waals surface area contributed by atoms with Crippen molar-refractivity contribution in [3.05, 3.63) is 71.8 Å². The van der Waals surface area contributed by atoms with Crippen molar-refractivity contribution >= 4 is 17.8 Å². The quantitative estimate of drug-likeness (QED) is 0.342. The number of ether oxygens (including phenoxy) is 2. The number of hydrogen-bond acceptors (Lipinski definition) is 6. The summed E-state index contributed by atoms with van der Waals surface area (Å²) in [5.74, 6) is -0.991. The molecule has 0 bridgehead atoms. The van der Waals surface area contributed by atoms with Crippen molar-refractivity contribution in [1.82, 2.24) is 5.32 Å². The second-order valence-electron chi connectivity index (χ2n) is 6.44. The number of Topliss-reactive ketones (excluding diaryl/α,β-unsaturated/α-hetero) is 1. The van der Waals surface area contributed by atoms with Gasteiger partial charge in [0.15, 0.2) is 12.4 Å². The van der Waals surface area contributed by atoms with Crippen LogP contribution in [0.3, 0.4) is 0 Å². The standard InChI is InChI=1S/C22H26N2O5/c23-14-8-7-13-19(24-22(27)29-15-17-9-3-1-4-10-17)21(26)28-16-20(25)18-11-5-2-6-12-18/h1-6,9-12,19H,7-8,13-16,23H2,(H,24,27)/t19-/m0/s1. The SMILES string of the molecule is NCCCC[C@H](NC(=O)OCc1ccccc1)C(=O)OCC(=O)c1ccccc1. The van der Waals surface area contributed by atoms with E-state index < -0.39 is 24.7 Å². The van der Waals surface area contributed by atoms with E-state index in [1.165, 1.54) is 0 Å². The fourth-order valence-corrected chi connectivity index (χ4v) is 2.59. The molecule has 0 aliphatic rings. The van der Waals surface area contributed by atoms with E-state index in [2.05, 4.69) is 5.32 Å². The van der Waals surface area contributed by atoms with Crippen LogP contribution in [-0.2, 0) is 20.9 Å². The van der Waals surface area contributed by atoms with E-state index in [0.717, 1.165) is 5.56 Å². The van der Waals surface area contributed by atoms with Crippen LogP contribution < -0.4 is 11.1 Å². The molecule has 0 radical (unpaired) electrons. The highest BCUT2D eigenvalue weighted by molar-refractivity contribution is 5.98. The van der Waals surface area contributed by atoms with Gasteiger partial charge < -0.3 is 20.5 Å². The van der Waals surface area contributed by atoms with Gasteiger partial charge in [0, 0.05) is 5.56 Å². The number of nitrogens with two attached hydrogens (primary N) is 1. The maximum atomic E-state index is 12.4. The van der Waals surface area contributed by atoms with E-state index in [9.17, 15) is 14.4 Å². The van der Waals surface area contributed by atoms with Crippen molar-refractivity contribution in [3.63, 3.8) is 0 Å². The molecule has 0 spiro atoms. The second kappa shape index (κ2) is 12.3. The molecular weight excluding hydrogens is 372 g/mol. The number of unbranched alkanes of at least 4 members (excludes halogenated alkanes) is 1. The summed E-state index contributed by atoms with van der Waals surface area (Å²) in [7, 11) is 0. The second-order valence-corrected chi connectivity index (χ2v) is 6.44. The average molecular weight is 398 g/mol. The average Bonchev–Trinajstić information content (AvgIpc) is 2.76. The predicted molar refractivity (Wildman–Crippen MR) is 108 cm³/mol. The molecular formula is C22H26N2O5. The normalized spacial score (nSPS) is 11.3. The Morgan fingerprint density at radius 2 is 1.55 bits per heavy atom. The van der Waals surface area contributed by atoms with Gasteiger partial charge >= 0.3 is 12.1 Å². The molecule has 1 amide bonds. The predicted octanol–water partition coefficient (Wildman–Crippen LogP) is 2.84. The summed E-state index contributed by atoms with van der Waals surface area (Å²) in [5.41, 5.74) is 6.78. The first-order valence-corrected chi connectivity index (χ1v) is 9.52. The molecule has 0 aromatic heterocycles. The summed E-state index contributed by atoms with van der Waals surface area (Å²) in [6.07, 6.45) is 0.948. The molecule has 0 unspecified atom stereocenters. The Hall–Kier alpha value is -3.19. The summed E-state index contributed by atoms with van der Waals surface area (Å²) >= 11 is 0. The zero-order valence-electron chi connectivity index (χ0n) is 16.2. The maximum Gasteiger partial charge on any atom is 0.408 e. The first-order chi connectivity index (χ1) is 14.1. The topological polar surface area (TPSA) is 108 Å². The van der Waals surface area contributed by atoms with Gasteiger partial charge in [-0.15, -0.1) is 0 Å². The molecule has 154 valence electrons. The lowest BCUT2D eigenvalue weighted by molar-refractivity contribution is -0.145. The molecule has 2 aromatic rings. The molecule has 7 heteroatoms. The van der Waals surface area contributed by atoms with Crippen molar-refractivity contribution in [1.29, 1.82) is 0 Å². The fraction of sp³-hybridized carbons (Fsp3) is 0.318. The van der Waals surface area contributed by atoms with E-state index in [1.54, 1.807) is 30.3 Å². The molecule has 0 aliphatic heterocycles. The number of alkyl carbamates (subject to hydrolysis) is 1.